The smallest absolute Gasteiger partial charge is 0.321 e. The van der Waals surface area contributed by atoms with Gasteiger partial charge in [-0.15, -0.1) is 0 Å². The molecule has 0 aromatic heterocycles. The maximum absolute atomic E-state index is 13.4. The number of hydrogen-bond donors (Lipinski definition) is 3. The van der Waals surface area contributed by atoms with Crippen molar-refractivity contribution in [3.05, 3.63) is 54.3 Å². The number of nitrogens with one attached hydrogen (secondary N) is 2. The normalized spacial score (nSPS) is 14.5. The number of piperidine rings is 1. The predicted octanol–water partition coefficient (Wildman–Crippen LogP) is 4.41. The van der Waals surface area contributed by atoms with E-state index in [1.807, 2.05) is 30.3 Å². The molecule has 1 heterocycles. The Morgan fingerprint density at radius 2 is 1.79 bits per heavy atom. The highest BCUT2D eigenvalue weighted by Crippen LogP contribution is 2.24. The second-order valence-electron chi connectivity index (χ2n) is 7.38. The Hall–Kier alpha value is -2.93. The van der Waals surface area contributed by atoms with Crippen LogP contribution in [0.25, 0.3) is 11.1 Å². The zero-order valence-electron chi connectivity index (χ0n) is 16.2. The summed E-state index contributed by atoms with van der Waals surface area (Å²) in [7, 11) is 0. The number of halogens is 1. The van der Waals surface area contributed by atoms with E-state index in [2.05, 4.69) is 5.32 Å². The minimum Gasteiger partial charge on any atom is -0.325 e. The van der Waals surface area contributed by atoms with E-state index in [4.69, 9.17) is 5.21 Å². The van der Waals surface area contributed by atoms with Crippen molar-refractivity contribution in [3.63, 3.8) is 0 Å². The molecule has 154 valence electrons. The van der Waals surface area contributed by atoms with E-state index in [0.717, 1.165) is 36.8 Å². The van der Waals surface area contributed by atoms with E-state index in [1.165, 1.54) is 12.1 Å². The van der Waals surface area contributed by atoms with Gasteiger partial charge in [-0.05, 0) is 67.0 Å². The Labute approximate surface area is 169 Å². The molecule has 0 unspecified atom stereocenters. The highest BCUT2D eigenvalue weighted by Gasteiger charge is 2.22. The Morgan fingerprint density at radius 3 is 2.45 bits per heavy atom. The van der Waals surface area contributed by atoms with Crippen molar-refractivity contribution in [2.24, 2.45) is 5.92 Å². The maximum atomic E-state index is 13.4. The quantitative estimate of drug-likeness (QED) is 0.497. The van der Waals surface area contributed by atoms with Crippen molar-refractivity contribution in [2.75, 3.05) is 18.4 Å². The maximum Gasteiger partial charge on any atom is 0.321 e. The number of hydroxylamine groups is 1. The van der Waals surface area contributed by atoms with E-state index in [-0.39, 0.29) is 17.8 Å². The number of urea groups is 1. The second kappa shape index (κ2) is 10.0. The average Bonchev–Trinajstić information content (AvgIpc) is 2.74. The molecule has 29 heavy (non-hydrogen) atoms. The molecule has 1 aliphatic heterocycles. The summed E-state index contributed by atoms with van der Waals surface area (Å²) in [5, 5.41) is 11.4. The number of hydrogen-bond acceptors (Lipinski definition) is 3. The fourth-order valence-electron chi connectivity index (χ4n) is 3.65. The van der Waals surface area contributed by atoms with Crippen molar-refractivity contribution >= 4 is 17.6 Å². The van der Waals surface area contributed by atoms with Gasteiger partial charge in [0.05, 0.1) is 0 Å². The summed E-state index contributed by atoms with van der Waals surface area (Å²) in [5.74, 6) is -0.138. The lowest BCUT2D eigenvalue weighted by atomic mass is 9.91. The van der Waals surface area contributed by atoms with Crippen LogP contribution in [-0.4, -0.2) is 35.1 Å². The third-order valence-electron chi connectivity index (χ3n) is 5.34. The fraction of sp³-hybridized carbons (Fsp3) is 0.364. The lowest BCUT2D eigenvalue weighted by Gasteiger charge is -2.32. The minimum absolute atomic E-state index is 0.124. The molecule has 6 nitrogen and oxygen atoms in total. The molecule has 3 N–H and O–H groups in total. The van der Waals surface area contributed by atoms with Crippen molar-refractivity contribution < 1.29 is 19.2 Å². The van der Waals surface area contributed by atoms with Gasteiger partial charge in [-0.1, -0.05) is 24.3 Å². The molecular weight excluding hydrogens is 373 g/mol. The summed E-state index contributed by atoms with van der Waals surface area (Å²) in [6.07, 6.45) is 3.80. The largest absolute Gasteiger partial charge is 0.325 e. The minimum atomic E-state index is -0.356. The monoisotopic (exact) mass is 399 g/mol. The Kier molecular flexibility index (Phi) is 7.19. The van der Waals surface area contributed by atoms with Gasteiger partial charge < -0.3 is 10.2 Å². The number of benzene rings is 2. The van der Waals surface area contributed by atoms with Crippen LogP contribution >= 0.6 is 0 Å². The van der Waals surface area contributed by atoms with Gasteiger partial charge in [0.1, 0.15) is 5.82 Å². The van der Waals surface area contributed by atoms with Gasteiger partial charge in [-0.3, -0.25) is 10.0 Å². The first-order valence-electron chi connectivity index (χ1n) is 9.90. The standard InChI is InChI=1S/C22H26FN3O3/c23-19-5-2-4-18(15-19)17-7-9-20(10-8-17)24-22(28)26-13-11-16(12-14-26)3-1-6-21(27)25-29/h2,4-5,7-10,15-16,29H,1,3,6,11-14H2,(H,24,28)(H,25,27). The molecule has 3 rings (SSSR count). The molecular formula is C22H26FN3O3. The van der Waals surface area contributed by atoms with E-state index >= 15 is 0 Å². The fourth-order valence-corrected chi connectivity index (χ4v) is 3.65. The molecule has 0 saturated carbocycles. The van der Waals surface area contributed by atoms with Crippen LogP contribution in [0.2, 0.25) is 0 Å². The van der Waals surface area contributed by atoms with Crippen molar-refractivity contribution in [3.8, 4) is 11.1 Å². The molecule has 0 bridgehead atoms. The summed E-state index contributed by atoms with van der Waals surface area (Å²) >= 11 is 0. The molecule has 3 amide bonds. The lowest BCUT2D eigenvalue weighted by Crippen LogP contribution is -2.41. The third-order valence-corrected chi connectivity index (χ3v) is 5.34. The number of carbonyl (C=O) groups excluding carboxylic acids is 2. The van der Waals surface area contributed by atoms with Crippen LogP contribution in [-0.2, 0) is 4.79 Å². The number of anilines is 1. The van der Waals surface area contributed by atoms with Gasteiger partial charge in [-0.2, -0.15) is 0 Å². The number of nitrogens with zero attached hydrogens (tertiary/aromatic N) is 1. The summed E-state index contributed by atoms with van der Waals surface area (Å²) in [6.45, 7) is 1.37. The molecule has 1 saturated heterocycles. The van der Waals surface area contributed by atoms with Crippen LogP contribution in [0.4, 0.5) is 14.9 Å². The highest BCUT2D eigenvalue weighted by atomic mass is 19.1. The lowest BCUT2D eigenvalue weighted by molar-refractivity contribution is -0.129. The first kappa shape index (κ1) is 20.8. The van der Waals surface area contributed by atoms with Crippen molar-refractivity contribution in [1.82, 2.24) is 10.4 Å². The van der Waals surface area contributed by atoms with Gasteiger partial charge in [0, 0.05) is 25.2 Å². The van der Waals surface area contributed by atoms with Crippen LogP contribution in [0.1, 0.15) is 32.1 Å². The number of rotatable bonds is 6. The molecule has 0 spiro atoms. The van der Waals surface area contributed by atoms with E-state index in [0.29, 0.717) is 31.1 Å². The topological polar surface area (TPSA) is 81.7 Å². The molecule has 7 heteroatoms. The summed E-state index contributed by atoms with van der Waals surface area (Å²) in [5.41, 5.74) is 4.03. The van der Waals surface area contributed by atoms with E-state index in [9.17, 15) is 14.0 Å². The zero-order valence-corrected chi connectivity index (χ0v) is 16.2. The molecule has 0 radical (unpaired) electrons. The molecule has 2 aromatic carbocycles. The Bertz CT molecular complexity index is 833. The van der Waals surface area contributed by atoms with E-state index in [1.54, 1.807) is 16.4 Å². The van der Waals surface area contributed by atoms with Crippen LogP contribution in [0, 0.1) is 11.7 Å². The van der Waals surface area contributed by atoms with Crippen molar-refractivity contribution in [2.45, 2.75) is 32.1 Å². The number of amides is 3. The van der Waals surface area contributed by atoms with Crippen LogP contribution in [0.3, 0.4) is 0 Å². The predicted molar refractivity (Wildman–Crippen MR) is 109 cm³/mol. The van der Waals surface area contributed by atoms with Gasteiger partial charge >= 0.3 is 6.03 Å². The van der Waals surface area contributed by atoms with E-state index < -0.39 is 0 Å². The Morgan fingerprint density at radius 1 is 1.07 bits per heavy atom. The van der Waals surface area contributed by atoms with Crippen LogP contribution < -0.4 is 10.8 Å². The van der Waals surface area contributed by atoms with Crippen molar-refractivity contribution in [1.29, 1.82) is 0 Å². The number of likely N-dealkylation sites (tertiary alicyclic amines) is 1. The Balaban J connectivity index is 1.45. The molecule has 0 aliphatic carbocycles. The highest BCUT2D eigenvalue weighted by molar-refractivity contribution is 5.89. The first-order valence-corrected chi connectivity index (χ1v) is 9.90. The SMILES string of the molecule is O=C(CCCC1CCN(C(=O)Nc2ccc(-c3cccc(F)c3)cc2)CC1)NO. The van der Waals surface area contributed by atoms with Gasteiger partial charge in [0.25, 0.3) is 0 Å². The zero-order chi connectivity index (χ0) is 20.6. The van der Waals surface area contributed by atoms with Gasteiger partial charge in [-0.25, -0.2) is 14.7 Å². The second-order valence-corrected chi connectivity index (χ2v) is 7.38. The first-order chi connectivity index (χ1) is 14.0. The van der Waals surface area contributed by atoms with Crippen LogP contribution in [0.15, 0.2) is 48.5 Å². The molecule has 1 aliphatic rings. The summed E-state index contributed by atoms with van der Waals surface area (Å²) in [6, 6.07) is 13.6. The third kappa shape index (κ3) is 6.02. The average molecular weight is 399 g/mol. The molecule has 1 fully saturated rings. The van der Waals surface area contributed by atoms with Gasteiger partial charge in [0.15, 0.2) is 0 Å². The van der Waals surface area contributed by atoms with Crippen LogP contribution in [0.5, 0.6) is 0 Å². The number of carbonyl (C=O) groups is 2. The molecule has 0 atom stereocenters. The summed E-state index contributed by atoms with van der Waals surface area (Å²) < 4.78 is 13.4. The van der Waals surface area contributed by atoms with Gasteiger partial charge in [0.2, 0.25) is 5.91 Å². The summed E-state index contributed by atoms with van der Waals surface area (Å²) in [4.78, 5) is 25.3. The molecule has 2 aromatic rings.